The third kappa shape index (κ3) is 3.22. The van der Waals surface area contributed by atoms with E-state index < -0.39 is 12.1 Å². The van der Waals surface area contributed by atoms with E-state index >= 15 is 0 Å². The number of carbonyl (C=O) groups excluding carboxylic acids is 2. The average Bonchev–Trinajstić information content (AvgIpc) is 2.69. The molecule has 0 spiro atoms. The van der Waals surface area contributed by atoms with Crippen molar-refractivity contribution in [3.63, 3.8) is 0 Å². The molecule has 0 radical (unpaired) electrons. The highest BCUT2D eigenvalue weighted by molar-refractivity contribution is 6.00. The molecule has 0 aliphatic carbocycles. The highest BCUT2D eigenvalue weighted by Crippen LogP contribution is 2.23. The second-order valence-electron chi connectivity index (χ2n) is 6.19. The van der Waals surface area contributed by atoms with E-state index in [2.05, 4.69) is 5.32 Å². The zero-order valence-electron chi connectivity index (χ0n) is 14.0. The molecule has 0 aromatic heterocycles. The number of rotatable bonds is 3. The van der Waals surface area contributed by atoms with Crippen LogP contribution in [0.5, 0.6) is 0 Å². The monoisotopic (exact) mass is 343 g/mol. The summed E-state index contributed by atoms with van der Waals surface area (Å²) in [6.45, 7) is 0. The number of hydrogen-bond donors (Lipinski definition) is 1. The van der Waals surface area contributed by atoms with Crippen molar-refractivity contribution >= 4 is 17.6 Å². The Balaban J connectivity index is 1.46. The zero-order valence-corrected chi connectivity index (χ0v) is 14.0. The fourth-order valence-corrected chi connectivity index (χ4v) is 3.08. The number of benzene rings is 3. The van der Waals surface area contributed by atoms with Crippen molar-refractivity contribution < 1.29 is 14.3 Å². The van der Waals surface area contributed by atoms with E-state index in [1.807, 2.05) is 66.7 Å². The van der Waals surface area contributed by atoms with E-state index in [1.54, 1.807) is 12.1 Å². The number of anilines is 1. The molecule has 0 saturated carbocycles. The van der Waals surface area contributed by atoms with Crippen LogP contribution >= 0.6 is 0 Å². The Morgan fingerprint density at radius 3 is 2.27 bits per heavy atom. The lowest BCUT2D eigenvalue weighted by molar-refractivity contribution is -0.125. The molecular formula is C22H17NO3. The number of hydrogen-bond acceptors (Lipinski definition) is 3. The fraction of sp³-hybridized carbons (Fsp3) is 0.0909. The van der Waals surface area contributed by atoms with E-state index in [0.29, 0.717) is 17.7 Å². The maximum absolute atomic E-state index is 12.5. The summed E-state index contributed by atoms with van der Waals surface area (Å²) in [4.78, 5) is 24.5. The Hall–Kier alpha value is -3.40. The number of ether oxygens (including phenoxy) is 1. The maximum atomic E-state index is 12.5. The van der Waals surface area contributed by atoms with Crippen LogP contribution in [-0.4, -0.2) is 18.0 Å². The largest absolute Gasteiger partial charge is 0.448 e. The first-order valence-corrected chi connectivity index (χ1v) is 8.46. The van der Waals surface area contributed by atoms with Crippen molar-refractivity contribution in [1.82, 2.24) is 0 Å². The molecule has 1 atom stereocenters. The molecule has 128 valence electrons. The number of esters is 1. The van der Waals surface area contributed by atoms with Crippen LogP contribution in [0.1, 0.15) is 15.9 Å². The fourth-order valence-electron chi connectivity index (χ4n) is 3.08. The zero-order chi connectivity index (χ0) is 17.9. The Morgan fingerprint density at radius 1 is 0.846 bits per heavy atom. The number of fused-ring (bicyclic) bond motifs is 1. The number of nitrogens with one attached hydrogen (secondary N) is 1. The van der Waals surface area contributed by atoms with Crippen molar-refractivity contribution in [3.05, 3.63) is 90.0 Å². The minimum Gasteiger partial charge on any atom is -0.448 e. The highest BCUT2D eigenvalue weighted by Gasteiger charge is 2.31. The number of carbonyl (C=O) groups is 2. The van der Waals surface area contributed by atoms with Crippen molar-refractivity contribution in [2.75, 3.05) is 5.32 Å². The third-order valence-electron chi connectivity index (χ3n) is 4.44. The van der Waals surface area contributed by atoms with Crippen LogP contribution in [0.3, 0.4) is 0 Å². The van der Waals surface area contributed by atoms with Gasteiger partial charge in [-0.2, -0.15) is 0 Å². The van der Waals surface area contributed by atoms with Gasteiger partial charge in [-0.15, -0.1) is 0 Å². The first kappa shape index (κ1) is 16.1. The van der Waals surface area contributed by atoms with Crippen LogP contribution < -0.4 is 5.32 Å². The lowest BCUT2D eigenvalue weighted by atomic mass is 9.98. The first-order valence-electron chi connectivity index (χ1n) is 8.46. The van der Waals surface area contributed by atoms with Gasteiger partial charge in [0.2, 0.25) is 0 Å². The summed E-state index contributed by atoms with van der Waals surface area (Å²) in [6.07, 6.45) is -0.429. The molecule has 0 saturated heterocycles. The summed E-state index contributed by atoms with van der Waals surface area (Å²) < 4.78 is 5.29. The summed E-state index contributed by atoms with van der Waals surface area (Å²) in [6, 6.07) is 24.8. The summed E-state index contributed by atoms with van der Waals surface area (Å²) in [5, 5.41) is 2.83. The molecule has 1 aliphatic heterocycles. The average molecular weight is 343 g/mol. The minimum absolute atomic E-state index is 0.319. The predicted octanol–water partition coefficient (Wildman–Crippen LogP) is 4.07. The lowest BCUT2D eigenvalue weighted by Gasteiger charge is -2.23. The summed E-state index contributed by atoms with van der Waals surface area (Å²) in [5.41, 5.74) is 4.22. The van der Waals surface area contributed by atoms with Gasteiger partial charge < -0.3 is 10.1 Å². The topological polar surface area (TPSA) is 55.4 Å². The molecule has 0 bridgehead atoms. The standard InChI is InChI=1S/C22H17NO3/c24-21(20-14-17-8-4-5-9-19(17)22(25)26-20)23-18-12-10-16(11-13-18)15-6-2-1-3-7-15/h1-13,20H,14H2,(H,23,24)/t20-/m0/s1. The van der Waals surface area contributed by atoms with Crippen LogP contribution in [0.2, 0.25) is 0 Å². The van der Waals surface area contributed by atoms with E-state index in [9.17, 15) is 9.59 Å². The predicted molar refractivity (Wildman–Crippen MR) is 99.9 cm³/mol. The summed E-state index contributed by atoms with van der Waals surface area (Å²) >= 11 is 0. The lowest BCUT2D eigenvalue weighted by Crippen LogP contribution is -2.37. The molecule has 3 aromatic rings. The Kier molecular flexibility index (Phi) is 4.23. The van der Waals surface area contributed by atoms with E-state index in [0.717, 1.165) is 16.7 Å². The van der Waals surface area contributed by atoms with Crippen molar-refractivity contribution in [2.24, 2.45) is 0 Å². The number of cyclic esters (lactones) is 1. The second-order valence-corrected chi connectivity index (χ2v) is 6.19. The Bertz CT molecular complexity index is 949. The summed E-state index contributed by atoms with van der Waals surface area (Å²) in [5.74, 6) is -0.772. The van der Waals surface area contributed by atoms with Gasteiger partial charge in [-0.1, -0.05) is 60.7 Å². The molecule has 4 rings (SSSR count). The van der Waals surface area contributed by atoms with Gasteiger partial charge in [0.1, 0.15) is 0 Å². The van der Waals surface area contributed by atoms with Gasteiger partial charge >= 0.3 is 5.97 Å². The minimum atomic E-state index is -0.814. The molecule has 0 fully saturated rings. The van der Waals surface area contributed by atoms with Crippen LogP contribution in [-0.2, 0) is 16.0 Å². The molecule has 3 aromatic carbocycles. The van der Waals surface area contributed by atoms with Crippen LogP contribution in [0, 0.1) is 0 Å². The van der Waals surface area contributed by atoms with Gasteiger partial charge in [-0.25, -0.2) is 4.79 Å². The van der Waals surface area contributed by atoms with Gasteiger partial charge in [0, 0.05) is 12.1 Å². The quantitative estimate of drug-likeness (QED) is 0.729. The molecule has 1 amide bonds. The molecule has 1 N–H and O–H groups in total. The van der Waals surface area contributed by atoms with Crippen LogP contribution in [0.4, 0.5) is 5.69 Å². The first-order chi connectivity index (χ1) is 12.7. The van der Waals surface area contributed by atoms with Gasteiger partial charge in [0.25, 0.3) is 5.91 Å². The molecule has 4 heteroatoms. The molecule has 1 aliphatic rings. The maximum Gasteiger partial charge on any atom is 0.339 e. The smallest absolute Gasteiger partial charge is 0.339 e. The van der Waals surface area contributed by atoms with Gasteiger partial charge in [0.15, 0.2) is 6.10 Å². The molecule has 26 heavy (non-hydrogen) atoms. The molecule has 0 unspecified atom stereocenters. The Labute approximate surface area is 151 Å². The van der Waals surface area contributed by atoms with E-state index in [1.165, 1.54) is 0 Å². The number of amides is 1. The van der Waals surface area contributed by atoms with Crippen molar-refractivity contribution in [3.8, 4) is 11.1 Å². The SMILES string of the molecule is O=C1O[C@H](C(=O)Nc2ccc(-c3ccccc3)cc2)Cc2ccccc21. The molecule has 1 heterocycles. The molecule has 4 nitrogen and oxygen atoms in total. The van der Waals surface area contributed by atoms with E-state index in [-0.39, 0.29) is 5.91 Å². The normalized spacial score (nSPS) is 15.7. The highest BCUT2D eigenvalue weighted by atomic mass is 16.5. The van der Waals surface area contributed by atoms with Crippen molar-refractivity contribution in [2.45, 2.75) is 12.5 Å². The van der Waals surface area contributed by atoms with Crippen molar-refractivity contribution in [1.29, 1.82) is 0 Å². The van der Waals surface area contributed by atoms with Gasteiger partial charge in [-0.3, -0.25) is 4.79 Å². The Morgan fingerprint density at radius 2 is 1.50 bits per heavy atom. The van der Waals surface area contributed by atoms with E-state index in [4.69, 9.17) is 4.74 Å². The van der Waals surface area contributed by atoms with Gasteiger partial charge in [-0.05, 0) is 34.9 Å². The second kappa shape index (κ2) is 6.84. The van der Waals surface area contributed by atoms with Crippen LogP contribution in [0.25, 0.3) is 11.1 Å². The van der Waals surface area contributed by atoms with Gasteiger partial charge in [0.05, 0.1) is 5.56 Å². The molecular weight excluding hydrogens is 326 g/mol. The summed E-state index contributed by atoms with van der Waals surface area (Å²) in [7, 11) is 0. The third-order valence-corrected chi connectivity index (χ3v) is 4.44. The van der Waals surface area contributed by atoms with Crippen LogP contribution in [0.15, 0.2) is 78.9 Å².